The fourth-order valence-electron chi connectivity index (χ4n) is 1.64. The van der Waals surface area contributed by atoms with Crippen molar-refractivity contribution in [2.24, 2.45) is 11.8 Å². The molecule has 1 rings (SSSR count). The van der Waals surface area contributed by atoms with E-state index in [1.807, 2.05) is 11.8 Å². The van der Waals surface area contributed by atoms with Gasteiger partial charge in [-0.15, -0.1) is 0 Å². The lowest BCUT2D eigenvalue weighted by Gasteiger charge is -2.23. The van der Waals surface area contributed by atoms with Crippen LogP contribution >= 0.6 is 0 Å². The molecule has 0 fully saturated rings. The summed E-state index contributed by atoms with van der Waals surface area (Å²) in [6.07, 6.45) is 0.397. The first-order valence-corrected chi connectivity index (χ1v) is 6.58. The van der Waals surface area contributed by atoms with Gasteiger partial charge in [0.2, 0.25) is 11.9 Å². The molecule has 0 unspecified atom stereocenters. The predicted molar refractivity (Wildman–Crippen MR) is 76.1 cm³/mol. The van der Waals surface area contributed by atoms with Crippen LogP contribution in [0.3, 0.4) is 0 Å². The van der Waals surface area contributed by atoms with Crippen LogP contribution in [0, 0.1) is 17.2 Å². The third kappa shape index (κ3) is 4.85. The Hall–Kier alpha value is -2.14. The molecule has 0 aliphatic heterocycles. The molecule has 0 aliphatic carbocycles. The van der Waals surface area contributed by atoms with Crippen LogP contribution < -0.4 is 20.9 Å². The number of nitriles is 1. The molecule has 1 aromatic rings. The number of nitrogens with one attached hydrogen (secondary N) is 1. The summed E-state index contributed by atoms with van der Waals surface area (Å²) in [4.78, 5) is 14.4. The van der Waals surface area contributed by atoms with E-state index in [0.29, 0.717) is 31.4 Å². The highest BCUT2D eigenvalue weighted by Crippen LogP contribution is 2.16. The first-order chi connectivity index (χ1) is 9.60. The molecule has 8 heteroatoms. The molecular weight excluding hydrogens is 258 g/mol. The number of nitrogens with two attached hydrogens (primary N) is 1. The van der Waals surface area contributed by atoms with Crippen LogP contribution in [0.5, 0.6) is 6.01 Å². The Balaban J connectivity index is 3.03. The van der Waals surface area contributed by atoms with Crippen molar-refractivity contribution in [1.29, 1.82) is 5.26 Å². The van der Waals surface area contributed by atoms with Gasteiger partial charge in [-0.05, 0) is 12.8 Å². The molecule has 0 aromatic carbocycles. The normalized spacial score (nSPS) is 10.2. The Morgan fingerprint density at radius 1 is 1.40 bits per heavy atom. The number of hydrogen-bond donors (Lipinski definition) is 2. The fourth-order valence-corrected chi connectivity index (χ4v) is 1.64. The van der Waals surface area contributed by atoms with Gasteiger partial charge in [-0.3, -0.25) is 5.43 Å². The van der Waals surface area contributed by atoms with E-state index in [0.717, 1.165) is 6.54 Å². The zero-order valence-electron chi connectivity index (χ0n) is 12.1. The van der Waals surface area contributed by atoms with Gasteiger partial charge in [-0.25, -0.2) is 5.84 Å². The van der Waals surface area contributed by atoms with E-state index in [-0.39, 0.29) is 12.0 Å². The number of hydrogen-bond acceptors (Lipinski definition) is 8. The lowest BCUT2D eigenvalue weighted by atomic mass is 10.2. The standard InChI is InChI=1S/C12H21N7O/c1-4-20-12-16-10(18-14)15-11(17-12)19(7-5-6-13)8-9(2)3/h9H,4-5,7-8,14H2,1-3H3,(H,15,16,17,18). The lowest BCUT2D eigenvalue weighted by molar-refractivity contribution is 0.312. The van der Waals surface area contributed by atoms with Gasteiger partial charge in [-0.1, -0.05) is 13.8 Å². The molecule has 1 aromatic heterocycles. The van der Waals surface area contributed by atoms with Gasteiger partial charge < -0.3 is 9.64 Å². The summed E-state index contributed by atoms with van der Waals surface area (Å²) in [5, 5.41) is 8.75. The van der Waals surface area contributed by atoms with E-state index < -0.39 is 0 Å². The zero-order valence-corrected chi connectivity index (χ0v) is 12.1. The molecule has 0 bridgehead atoms. The van der Waals surface area contributed by atoms with Crippen LogP contribution in [0.1, 0.15) is 27.2 Å². The molecule has 0 spiro atoms. The monoisotopic (exact) mass is 279 g/mol. The van der Waals surface area contributed by atoms with Crippen molar-refractivity contribution in [3.05, 3.63) is 0 Å². The average Bonchev–Trinajstić information content (AvgIpc) is 2.43. The molecule has 0 aliphatic rings. The minimum atomic E-state index is 0.219. The van der Waals surface area contributed by atoms with Gasteiger partial charge in [0.1, 0.15) is 0 Å². The van der Waals surface area contributed by atoms with Gasteiger partial charge in [-0.2, -0.15) is 20.2 Å². The van der Waals surface area contributed by atoms with Crippen molar-refractivity contribution in [3.8, 4) is 12.1 Å². The molecule has 110 valence electrons. The smallest absolute Gasteiger partial charge is 0.323 e. The van der Waals surface area contributed by atoms with Crippen LogP contribution in [-0.4, -0.2) is 34.6 Å². The molecule has 3 N–H and O–H groups in total. The number of aromatic nitrogens is 3. The Morgan fingerprint density at radius 2 is 2.15 bits per heavy atom. The van der Waals surface area contributed by atoms with Crippen LogP contribution in [0.4, 0.5) is 11.9 Å². The second-order valence-corrected chi connectivity index (χ2v) is 4.57. The van der Waals surface area contributed by atoms with E-state index in [1.165, 1.54) is 0 Å². The molecule has 0 radical (unpaired) electrons. The molecule has 0 amide bonds. The zero-order chi connectivity index (χ0) is 15.0. The molecule has 20 heavy (non-hydrogen) atoms. The highest BCUT2D eigenvalue weighted by molar-refractivity contribution is 5.37. The maximum absolute atomic E-state index is 8.75. The maximum Gasteiger partial charge on any atom is 0.323 e. The largest absolute Gasteiger partial charge is 0.464 e. The van der Waals surface area contributed by atoms with Crippen LogP contribution in [0.15, 0.2) is 0 Å². The highest BCUT2D eigenvalue weighted by atomic mass is 16.5. The average molecular weight is 279 g/mol. The summed E-state index contributed by atoms with van der Waals surface area (Å²) in [7, 11) is 0. The fraction of sp³-hybridized carbons (Fsp3) is 0.667. The topological polar surface area (TPSA) is 113 Å². The van der Waals surface area contributed by atoms with E-state index >= 15 is 0 Å². The second kappa shape index (κ2) is 8.12. The molecule has 8 nitrogen and oxygen atoms in total. The van der Waals surface area contributed by atoms with Gasteiger partial charge in [0.05, 0.1) is 19.1 Å². The SMILES string of the molecule is CCOc1nc(NN)nc(N(CCC#N)CC(C)C)n1. The summed E-state index contributed by atoms with van der Waals surface area (Å²) >= 11 is 0. The number of rotatable bonds is 8. The van der Waals surface area contributed by atoms with Crippen molar-refractivity contribution in [1.82, 2.24) is 15.0 Å². The minimum Gasteiger partial charge on any atom is -0.464 e. The van der Waals surface area contributed by atoms with Gasteiger partial charge in [0, 0.05) is 13.1 Å². The van der Waals surface area contributed by atoms with E-state index in [2.05, 4.69) is 40.3 Å². The van der Waals surface area contributed by atoms with Crippen molar-refractivity contribution >= 4 is 11.9 Å². The summed E-state index contributed by atoms with van der Waals surface area (Å²) in [5.74, 6) is 6.47. The van der Waals surface area contributed by atoms with Gasteiger partial charge >= 0.3 is 6.01 Å². The van der Waals surface area contributed by atoms with Crippen LogP contribution in [-0.2, 0) is 0 Å². The highest BCUT2D eigenvalue weighted by Gasteiger charge is 2.15. The second-order valence-electron chi connectivity index (χ2n) is 4.57. The molecule has 0 saturated heterocycles. The Labute approximate surface area is 119 Å². The molecular formula is C12H21N7O. The van der Waals surface area contributed by atoms with Crippen molar-refractivity contribution in [2.45, 2.75) is 27.2 Å². The first-order valence-electron chi connectivity index (χ1n) is 6.58. The molecule has 1 heterocycles. The number of nitrogens with zero attached hydrogens (tertiary/aromatic N) is 5. The third-order valence-electron chi connectivity index (χ3n) is 2.37. The summed E-state index contributed by atoms with van der Waals surface area (Å²) in [6, 6.07) is 2.34. The molecule has 0 saturated carbocycles. The van der Waals surface area contributed by atoms with E-state index in [4.69, 9.17) is 15.8 Å². The third-order valence-corrected chi connectivity index (χ3v) is 2.37. The molecule has 0 atom stereocenters. The van der Waals surface area contributed by atoms with E-state index in [1.54, 1.807) is 0 Å². The quantitative estimate of drug-likeness (QED) is 0.533. The summed E-state index contributed by atoms with van der Waals surface area (Å²) in [6.45, 7) is 7.77. The first kappa shape index (κ1) is 15.9. The summed E-state index contributed by atoms with van der Waals surface area (Å²) in [5.41, 5.74) is 2.40. The number of hydrazine groups is 1. The lowest BCUT2D eigenvalue weighted by Crippen LogP contribution is -2.31. The Morgan fingerprint density at radius 3 is 2.70 bits per heavy atom. The minimum absolute atomic E-state index is 0.219. The van der Waals surface area contributed by atoms with E-state index in [9.17, 15) is 0 Å². The number of nitrogen functional groups attached to an aromatic ring is 1. The van der Waals surface area contributed by atoms with Crippen molar-refractivity contribution in [3.63, 3.8) is 0 Å². The Bertz CT molecular complexity index is 458. The number of anilines is 2. The van der Waals surface area contributed by atoms with Gasteiger partial charge in [0.25, 0.3) is 0 Å². The van der Waals surface area contributed by atoms with Crippen LogP contribution in [0.25, 0.3) is 0 Å². The number of ether oxygens (including phenoxy) is 1. The predicted octanol–water partition coefficient (Wildman–Crippen LogP) is 0.932. The summed E-state index contributed by atoms with van der Waals surface area (Å²) < 4.78 is 5.30. The Kier molecular flexibility index (Phi) is 6.46. The van der Waals surface area contributed by atoms with Crippen molar-refractivity contribution < 1.29 is 4.74 Å². The van der Waals surface area contributed by atoms with Crippen molar-refractivity contribution in [2.75, 3.05) is 30.0 Å². The van der Waals surface area contributed by atoms with Crippen LogP contribution in [0.2, 0.25) is 0 Å². The van der Waals surface area contributed by atoms with Gasteiger partial charge in [0.15, 0.2) is 0 Å². The maximum atomic E-state index is 8.75.